The van der Waals surface area contributed by atoms with E-state index in [-0.39, 0.29) is 12.6 Å². The monoisotopic (exact) mass is 425 g/mol. The molecule has 2 aromatic rings. The number of anilines is 2. The molecule has 7 heteroatoms. The van der Waals surface area contributed by atoms with Gasteiger partial charge in [-0.15, -0.1) is 0 Å². The van der Waals surface area contributed by atoms with E-state index in [0.29, 0.717) is 23.6 Å². The summed E-state index contributed by atoms with van der Waals surface area (Å²) in [5.74, 6) is 1.24. The third-order valence-corrected chi connectivity index (χ3v) is 6.15. The minimum atomic E-state index is -0.844. The van der Waals surface area contributed by atoms with Crippen molar-refractivity contribution in [1.82, 2.24) is 4.90 Å². The molecule has 0 saturated carbocycles. The minimum Gasteiger partial charge on any atom is -0.496 e. The first kappa shape index (κ1) is 21.3. The van der Waals surface area contributed by atoms with E-state index in [0.717, 1.165) is 30.0 Å². The Morgan fingerprint density at radius 2 is 1.74 bits per heavy atom. The van der Waals surface area contributed by atoms with E-state index in [2.05, 4.69) is 16.3 Å². The van der Waals surface area contributed by atoms with Crippen molar-refractivity contribution in [3.8, 4) is 11.5 Å². The Balaban J connectivity index is 1.51. The molecule has 1 atom stereocenters. The van der Waals surface area contributed by atoms with Gasteiger partial charge in [0, 0.05) is 35.6 Å². The van der Waals surface area contributed by atoms with Crippen LogP contribution in [-0.4, -0.2) is 49.9 Å². The molecule has 2 amide bonds. The molecule has 2 N–H and O–H groups in total. The number of aliphatic hydroxyl groups excluding tert-OH is 1. The molecule has 1 fully saturated rings. The summed E-state index contributed by atoms with van der Waals surface area (Å²) in [4.78, 5) is 17.0. The number of aliphatic hydroxyl groups is 1. The average molecular weight is 426 g/mol. The Bertz CT molecular complexity index is 925. The molecule has 31 heavy (non-hydrogen) atoms. The van der Waals surface area contributed by atoms with Crippen LogP contribution in [0.3, 0.4) is 0 Å². The summed E-state index contributed by atoms with van der Waals surface area (Å²) in [7, 11) is 3.16. The van der Waals surface area contributed by atoms with E-state index < -0.39 is 6.10 Å². The summed E-state index contributed by atoms with van der Waals surface area (Å²) in [6.45, 7) is 2.63. The van der Waals surface area contributed by atoms with Gasteiger partial charge < -0.3 is 29.7 Å². The van der Waals surface area contributed by atoms with Crippen molar-refractivity contribution in [2.45, 2.75) is 38.3 Å². The molecule has 7 nitrogen and oxygen atoms in total. The first-order chi connectivity index (χ1) is 15.1. The number of carbonyl (C=O) groups is 1. The molecule has 0 aromatic heterocycles. The van der Waals surface area contributed by atoms with Crippen LogP contribution in [0.2, 0.25) is 0 Å². The fourth-order valence-corrected chi connectivity index (χ4v) is 4.54. The van der Waals surface area contributed by atoms with Crippen molar-refractivity contribution in [2.24, 2.45) is 0 Å². The van der Waals surface area contributed by atoms with Crippen LogP contribution in [0.4, 0.5) is 16.2 Å². The van der Waals surface area contributed by atoms with Crippen molar-refractivity contribution in [2.75, 3.05) is 44.1 Å². The van der Waals surface area contributed by atoms with Crippen LogP contribution >= 0.6 is 0 Å². The SMILES string of the molecule is COc1ccc(OC)c2c1CN(C(=O)Nc1cccc(N3CCCCCC3)c1)C[C@H]2O. The van der Waals surface area contributed by atoms with E-state index in [1.807, 2.05) is 18.2 Å². The quantitative estimate of drug-likeness (QED) is 0.769. The van der Waals surface area contributed by atoms with Gasteiger partial charge in [-0.05, 0) is 43.2 Å². The predicted octanol–water partition coefficient (Wildman–Crippen LogP) is 4.17. The van der Waals surface area contributed by atoms with Crippen molar-refractivity contribution >= 4 is 17.4 Å². The van der Waals surface area contributed by atoms with E-state index >= 15 is 0 Å². The first-order valence-corrected chi connectivity index (χ1v) is 10.9. The minimum absolute atomic E-state index is 0.189. The molecule has 0 unspecified atom stereocenters. The number of benzene rings is 2. The van der Waals surface area contributed by atoms with E-state index in [1.54, 1.807) is 31.3 Å². The lowest BCUT2D eigenvalue weighted by atomic mass is 9.95. The lowest BCUT2D eigenvalue weighted by Crippen LogP contribution is -2.41. The zero-order valence-corrected chi connectivity index (χ0v) is 18.3. The highest BCUT2D eigenvalue weighted by molar-refractivity contribution is 5.90. The van der Waals surface area contributed by atoms with Crippen LogP contribution in [-0.2, 0) is 6.54 Å². The van der Waals surface area contributed by atoms with Crippen LogP contribution in [0.1, 0.15) is 42.9 Å². The molecule has 2 aliphatic rings. The largest absolute Gasteiger partial charge is 0.496 e. The van der Waals surface area contributed by atoms with Gasteiger partial charge in [0.1, 0.15) is 17.6 Å². The number of nitrogens with zero attached hydrogens (tertiary/aromatic N) is 2. The number of ether oxygens (including phenoxy) is 2. The number of amides is 2. The highest BCUT2D eigenvalue weighted by Gasteiger charge is 2.32. The number of carbonyl (C=O) groups excluding carboxylic acids is 1. The second-order valence-corrected chi connectivity index (χ2v) is 8.14. The van der Waals surface area contributed by atoms with Crippen LogP contribution < -0.4 is 19.7 Å². The van der Waals surface area contributed by atoms with Crippen LogP contribution in [0, 0.1) is 0 Å². The fraction of sp³-hybridized carbons (Fsp3) is 0.458. The summed E-state index contributed by atoms with van der Waals surface area (Å²) < 4.78 is 10.9. The average Bonchev–Trinajstić information content (AvgIpc) is 3.08. The van der Waals surface area contributed by atoms with Crippen LogP contribution in [0.5, 0.6) is 11.5 Å². The highest BCUT2D eigenvalue weighted by atomic mass is 16.5. The maximum Gasteiger partial charge on any atom is 0.322 e. The van der Waals surface area contributed by atoms with Gasteiger partial charge in [-0.3, -0.25) is 0 Å². The van der Waals surface area contributed by atoms with Gasteiger partial charge in [-0.25, -0.2) is 4.79 Å². The Kier molecular flexibility index (Phi) is 6.51. The summed E-state index contributed by atoms with van der Waals surface area (Å²) in [6, 6.07) is 11.3. The Labute approximate surface area is 183 Å². The zero-order chi connectivity index (χ0) is 21.8. The summed E-state index contributed by atoms with van der Waals surface area (Å²) >= 11 is 0. The number of hydrogen-bond acceptors (Lipinski definition) is 5. The number of fused-ring (bicyclic) bond motifs is 1. The normalized spacial score (nSPS) is 18.7. The van der Waals surface area contributed by atoms with Gasteiger partial charge in [-0.2, -0.15) is 0 Å². The number of nitrogens with one attached hydrogen (secondary N) is 1. The van der Waals surface area contributed by atoms with Crippen LogP contribution in [0.25, 0.3) is 0 Å². The number of hydrogen-bond donors (Lipinski definition) is 2. The smallest absolute Gasteiger partial charge is 0.322 e. The lowest BCUT2D eigenvalue weighted by molar-refractivity contribution is 0.105. The van der Waals surface area contributed by atoms with E-state index in [9.17, 15) is 9.90 Å². The van der Waals surface area contributed by atoms with Crippen LogP contribution in [0.15, 0.2) is 36.4 Å². The first-order valence-electron chi connectivity index (χ1n) is 10.9. The highest BCUT2D eigenvalue weighted by Crippen LogP contribution is 2.39. The molecule has 0 bridgehead atoms. The van der Waals surface area contributed by atoms with E-state index in [1.165, 1.54) is 25.7 Å². The molecule has 2 aromatic carbocycles. The van der Waals surface area contributed by atoms with E-state index in [4.69, 9.17) is 9.47 Å². The standard InChI is InChI=1S/C24H31N3O4/c1-30-21-10-11-22(31-2)23-19(21)15-27(16-20(23)28)24(29)25-17-8-7-9-18(14-17)26-12-5-3-4-6-13-26/h7-11,14,20,28H,3-6,12-13,15-16H2,1-2H3,(H,25,29)/t20-/m1/s1. The van der Waals surface area contributed by atoms with Gasteiger partial charge in [0.25, 0.3) is 0 Å². The molecule has 2 heterocycles. The van der Waals surface area contributed by atoms with Gasteiger partial charge in [0.05, 0.1) is 27.3 Å². The molecule has 166 valence electrons. The molecule has 2 aliphatic heterocycles. The molecular formula is C24H31N3O4. The number of β-amino-alcohol motifs (C(OH)–C–C–N with tert-alkyl or cyclic N) is 1. The second-order valence-electron chi connectivity index (χ2n) is 8.14. The fourth-order valence-electron chi connectivity index (χ4n) is 4.54. The predicted molar refractivity (Wildman–Crippen MR) is 121 cm³/mol. The number of rotatable bonds is 4. The van der Waals surface area contributed by atoms with Gasteiger partial charge >= 0.3 is 6.03 Å². The summed E-state index contributed by atoms with van der Waals surface area (Å²) in [5, 5.41) is 13.8. The molecule has 0 spiro atoms. The van der Waals surface area contributed by atoms with Gasteiger partial charge in [-0.1, -0.05) is 18.9 Å². The van der Waals surface area contributed by atoms with Crippen molar-refractivity contribution in [3.63, 3.8) is 0 Å². The number of urea groups is 1. The van der Waals surface area contributed by atoms with Crippen molar-refractivity contribution in [1.29, 1.82) is 0 Å². The molecular weight excluding hydrogens is 394 g/mol. The third-order valence-electron chi connectivity index (χ3n) is 6.15. The number of methoxy groups -OCH3 is 2. The Morgan fingerprint density at radius 1 is 1.03 bits per heavy atom. The van der Waals surface area contributed by atoms with Crippen molar-refractivity contribution in [3.05, 3.63) is 47.5 Å². The van der Waals surface area contributed by atoms with Gasteiger partial charge in [0.15, 0.2) is 0 Å². The molecule has 0 radical (unpaired) electrons. The lowest BCUT2D eigenvalue weighted by Gasteiger charge is -2.34. The molecule has 0 aliphatic carbocycles. The third kappa shape index (κ3) is 4.56. The second kappa shape index (κ2) is 9.47. The Morgan fingerprint density at radius 3 is 2.45 bits per heavy atom. The maximum atomic E-state index is 13.0. The summed E-state index contributed by atoms with van der Waals surface area (Å²) in [6.07, 6.45) is 4.11. The Hall–Kier alpha value is -2.93. The van der Waals surface area contributed by atoms with Crippen molar-refractivity contribution < 1.29 is 19.4 Å². The maximum absolute atomic E-state index is 13.0. The molecule has 1 saturated heterocycles. The topological polar surface area (TPSA) is 74.3 Å². The van der Waals surface area contributed by atoms with Gasteiger partial charge in [0.2, 0.25) is 0 Å². The zero-order valence-electron chi connectivity index (χ0n) is 18.3. The summed E-state index contributed by atoms with van der Waals surface area (Å²) in [5.41, 5.74) is 3.35. The molecule has 4 rings (SSSR count).